The highest BCUT2D eigenvalue weighted by Gasteiger charge is 2.53. The van der Waals surface area contributed by atoms with Gasteiger partial charge in [-0.3, -0.25) is 9.59 Å². The zero-order chi connectivity index (χ0) is 31.5. The standard InChI is InChI=1S/C36H44N4O5/c1-44-31-17-15-29(16-18-31)26-40-33(41)32(14-8-9-22-37-35(43)45-27-30-12-6-3-7-13-30)38-34(42)36(40)20-24-39(25-21-36)23-19-28-10-4-2-5-11-28/h2-7,10-13,15-18,32H,8-9,14,19-27H2,1H3,(H,37,43)(H,38,42)/t32-/m0/s1. The quantitative estimate of drug-likeness (QED) is 0.272. The fourth-order valence-electron chi connectivity index (χ4n) is 6.23. The number of unbranched alkanes of at least 4 members (excludes halogenated alkanes) is 1. The van der Waals surface area contributed by atoms with Gasteiger partial charge in [0.05, 0.1) is 7.11 Å². The number of nitrogens with zero attached hydrogens (tertiary/aromatic N) is 2. The number of nitrogens with one attached hydrogen (secondary N) is 2. The van der Waals surface area contributed by atoms with Crippen molar-refractivity contribution >= 4 is 17.9 Å². The van der Waals surface area contributed by atoms with Crippen molar-refractivity contribution in [2.24, 2.45) is 0 Å². The molecule has 238 valence electrons. The number of piperazine rings is 1. The summed E-state index contributed by atoms with van der Waals surface area (Å²) in [4.78, 5) is 44.2. The second-order valence-corrected chi connectivity index (χ2v) is 11.9. The number of carbonyl (C=O) groups excluding carboxylic acids is 3. The lowest BCUT2D eigenvalue weighted by atomic mass is 9.81. The van der Waals surface area contributed by atoms with Crippen LogP contribution in [0.5, 0.6) is 5.75 Å². The number of hydrogen-bond acceptors (Lipinski definition) is 6. The normalized spacial score (nSPS) is 18.0. The molecule has 2 N–H and O–H groups in total. The molecule has 1 spiro atoms. The van der Waals surface area contributed by atoms with Crippen molar-refractivity contribution in [2.75, 3.05) is 33.3 Å². The van der Waals surface area contributed by atoms with Gasteiger partial charge in [0.1, 0.15) is 23.9 Å². The van der Waals surface area contributed by atoms with Crippen molar-refractivity contribution in [3.63, 3.8) is 0 Å². The van der Waals surface area contributed by atoms with Crippen LogP contribution in [0.1, 0.15) is 48.8 Å². The number of alkyl carbamates (subject to hydrolysis) is 1. The molecule has 2 aliphatic heterocycles. The molecule has 5 rings (SSSR count). The zero-order valence-corrected chi connectivity index (χ0v) is 26.1. The first kappa shape index (κ1) is 32.0. The SMILES string of the molecule is COc1ccc(CN2C(=O)[C@H](CCCCNC(=O)OCc3ccccc3)NC(=O)C23CCN(CCc2ccccc2)CC3)cc1. The number of hydrogen-bond donors (Lipinski definition) is 2. The second kappa shape index (κ2) is 15.6. The van der Waals surface area contributed by atoms with Gasteiger partial charge in [-0.15, -0.1) is 0 Å². The number of rotatable bonds is 13. The Bertz CT molecular complexity index is 1390. The molecule has 45 heavy (non-hydrogen) atoms. The maximum Gasteiger partial charge on any atom is 0.407 e. The Morgan fingerprint density at radius 1 is 0.889 bits per heavy atom. The van der Waals surface area contributed by atoms with E-state index in [9.17, 15) is 14.4 Å². The Morgan fingerprint density at radius 3 is 2.22 bits per heavy atom. The van der Waals surface area contributed by atoms with E-state index >= 15 is 0 Å². The first-order valence-corrected chi connectivity index (χ1v) is 15.9. The topological polar surface area (TPSA) is 100 Å². The van der Waals surface area contributed by atoms with Gasteiger partial charge in [-0.2, -0.15) is 0 Å². The Hall–Kier alpha value is -4.37. The largest absolute Gasteiger partial charge is 0.497 e. The minimum absolute atomic E-state index is 0.0432. The van der Waals surface area contributed by atoms with Crippen molar-refractivity contribution in [3.8, 4) is 5.75 Å². The Balaban J connectivity index is 1.16. The minimum atomic E-state index is -0.874. The molecule has 0 aliphatic carbocycles. The molecule has 0 unspecified atom stereocenters. The lowest BCUT2D eigenvalue weighted by Gasteiger charge is -2.51. The first-order chi connectivity index (χ1) is 22.0. The smallest absolute Gasteiger partial charge is 0.407 e. The fourth-order valence-corrected chi connectivity index (χ4v) is 6.23. The van der Waals surface area contributed by atoms with Crippen LogP contribution in [0.15, 0.2) is 84.9 Å². The molecule has 2 saturated heterocycles. The van der Waals surface area contributed by atoms with E-state index in [4.69, 9.17) is 9.47 Å². The monoisotopic (exact) mass is 612 g/mol. The first-order valence-electron chi connectivity index (χ1n) is 15.9. The average molecular weight is 613 g/mol. The summed E-state index contributed by atoms with van der Waals surface area (Å²) in [6, 6.07) is 27.0. The Kier molecular flexibility index (Phi) is 11.1. The van der Waals surface area contributed by atoms with E-state index in [1.165, 1.54) is 5.56 Å². The summed E-state index contributed by atoms with van der Waals surface area (Å²) in [5, 5.41) is 5.86. The maximum atomic E-state index is 14.0. The van der Waals surface area contributed by atoms with Crippen molar-refractivity contribution in [1.29, 1.82) is 0 Å². The zero-order valence-electron chi connectivity index (χ0n) is 26.1. The molecule has 0 aromatic heterocycles. The molecule has 9 nitrogen and oxygen atoms in total. The van der Waals surface area contributed by atoms with E-state index in [1.807, 2.05) is 65.6 Å². The van der Waals surface area contributed by atoms with E-state index in [-0.39, 0.29) is 18.4 Å². The van der Waals surface area contributed by atoms with Gasteiger partial charge in [0.2, 0.25) is 11.8 Å². The molecule has 1 atom stereocenters. The van der Waals surface area contributed by atoms with Crippen LogP contribution in [0.3, 0.4) is 0 Å². The summed E-state index contributed by atoms with van der Waals surface area (Å²) in [5.41, 5.74) is 2.31. The highest BCUT2D eigenvalue weighted by atomic mass is 16.5. The lowest BCUT2D eigenvalue weighted by Crippen LogP contribution is -2.72. The van der Waals surface area contributed by atoms with Crippen LogP contribution in [0.4, 0.5) is 4.79 Å². The van der Waals surface area contributed by atoms with E-state index in [1.54, 1.807) is 7.11 Å². The highest BCUT2D eigenvalue weighted by Crippen LogP contribution is 2.35. The van der Waals surface area contributed by atoms with Gasteiger partial charge in [0.15, 0.2) is 0 Å². The second-order valence-electron chi connectivity index (χ2n) is 11.9. The van der Waals surface area contributed by atoms with Gasteiger partial charge in [-0.1, -0.05) is 72.8 Å². The summed E-state index contributed by atoms with van der Waals surface area (Å²) in [7, 11) is 1.63. The van der Waals surface area contributed by atoms with Gasteiger partial charge in [0, 0.05) is 32.7 Å². The highest BCUT2D eigenvalue weighted by molar-refractivity contribution is 6.00. The van der Waals surface area contributed by atoms with E-state index in [2.05, 4.69) is 39.8 Å². The minimum Gasteiger partial charge on any atom is -0.497 e. The van der Waals surface area contributed by atoms with Crippen LogP contribution in [-0.4, -0.2) is 72.6 Å². The Morgan fingerprint density at radius 2 is 1.56 bits per heavy atom. The maximum absolute atomic E-state index is 14.0. The molecule has 3 aromatic rings. The predicted octanol–water partition coefficient (Wildman–Crippen LogP) is 4.70. The molecular formula is C36H44N4O5. The van der Waals surface area contributed by atoms with Crippen LogP contribution in [0.25, 0.3) is 0 Å². The van der Waals surface area contributed by atoms with Crippen molar-refractivity contribution in [3.05, 3.63) is 102 Å². The number of benzene rings is 3. The summed E-state index contributed by atoms with van der Waals surface area (Å²) >= 11 is 0. The average Bonchev–Trinajstić information content (AvgIpc) is 3.08. The number of methoxy groups -OCH3 is 1. The summed E-state index contributed by atoms with van der Waals surface area (Å²) in [6.45, 7) is 3.44. The van der Waals surface area contributed by atoms with E-state index < -0.39 is 17.7 Å². The summed E-state index contributed by atoms with van der Waals surface area (Å²) in [5.74, 6) is 0.641. The van der Waals surface area contributed by atoms with Crippen LogP contribution in [0.2, 0.25) is 0 Å². The number of amides is 3. The molecule has 2 aliphatic rings. The molecule has 0 bridgehead atoms. The van der Waals surface area contributed by atoms with Crippen molar-refractivity contribution in [1.82, 2.24) is 20.4 Å². The molecule has 3 amide bonds. The number of likely N-dealkylation sites (tertiary alicyclic amines) is 1. The number of carbonyl (C=O) groups is 3. The van der Waals surface area contributed by atoms with Crippen LogP contribution in [-0.2, 0) is 33.9 Å². The van der Waals surface area contributed by atoms with Gasteiger partial charge >= 0.3 is 6.09 Å². The van der Waals surface area contributed by atoms with Gasteiger partial charge in [0.25, 0.3) is 0 Å². The van der Waals surface area contributed by atoms with Gasteiger partial charge in [-0.25, -0.2) is 4.79 Å². The molecular weight excluding hydrogens is 568 g/mol. The van der Waals surface area contributed by atoms with Crippen molar-refractivity contribution < 1.29 is 23.9 Å². The number of ether oxygens (including phenoxy) is 2. The van der Waals surface area contributed by atoms with Gasteiger partial charge < -0.3 is 29.9 Å². The van der Waals surface area contributed by atoms with E-state index in [0.717, 1.165) is 42.9 Å². The van der Waals surface area contributed by atoms with Crippen LogP contribution < -0.4 is 15.4 Å². The summed E-state index contributed by atoms with van der Waals surface area (Å²) in [6.07, 6.45) is 3.52. The lowest BCUT2D eigenvalue weighted by molar-refractivity contribution is -0.162. The predicted molar refractivity (Wildman–Crippen MR) is 173 cm³/mol. The third-order valence-corrected chi connectivity index (χ3v) is 8.95. The summed E-state index contributed by atoms with van der Waals surface area (Å²) < 4.78 is 10.6. The molecule has 0 radical (unpaired) electrons. The number of piperidine rings is 1. The molecule has 2 fully saturated rings. The fraction of sp³-hybridized carbons (Fsp3) is 0.417. The molecule has 3 aromatic carbocycles. The van der Waals surface area contributed by atoms with Crippen molar-refractivity contribution in [2.45, 2.75) is 63.3 Å². The molecule has 0 saturated carbocycles. The van der Waals surface area contributed by atoms with E-state index in [0.29, 0.717) is 45.2 Å². The molecule has 9 heteroatoms. The Labute approximate surface area is 265 Å². The van der Waals surface area contributed by atoms with Gasteiger partial charge in [-0.05, 0) is 67.3 Å². The third kappa shape index (κ3) is 8.42. The third-order valence-electron chi connectivity index (χ3n) is 8.95. The van der Waals surface area contributed by atoms with Crippen LogP contribution in [0, 0.1) is 0 Å². The molecule has 2 heterocycles. The van der Waals surface area contributed by atoms with Crippen LogP contribution >= 0.6 is 0 Å².